The molecule has 0 heterocycles. The highest BCUT2D eigenvalue weighted by Crippen LogP contribution is 2.13. The Hall–Kier alpha value is -1.34. The first-order valence-electron chi connectivity index (χ1n) is 15.6. The summed E-state index contributed by atoms with van der Waals surface area (Å²) >= 11 is 0. The number of hydrogen-bond acceptors (Lipinski definition) is 6. The molecule has 0 aliphatic carbocycles. The van der Waals surface area contributed by atoms with Crippen LogP contribution in [0.5, 0.6) is 0 Å². The Morgan fingerprint density at radius 3 is 1.61 bits per heavy atom. The molecule has 0 aliphatic rings. The van der Waals surface area contributed by atoms with Crippen LogP contribution in [0.15, 0.2) is 0 Å². The van der Waals surface area contributed by atoms with E-state index in [4.69, 9.17) is 19.9 Å². The van der Waals surface area contributed by atoms with Gasteiger partial charge >= 0.3 is 18.2 Å². The van der Waals surface area contributed by atoms with Gasteiger partial charge in [-0.15, -0.1) is 0 Å². The molecule has 11 heteroatoms. The monoisotopic (exact) mass is 700 g/mol. The van der Waals surface area contributed by atoms with Gasteiger partial charge in [0.25, 0.3) is 0 Å². The van der Waals surface area contributed by atoms with Crippen LogP contribution in [0, 0.1) is 0 Å². The number of ether oxygens (including phenoxy) is 3. The van der Waals surface area contributed by atoms with Gasteiger partial charge in [-0.1, -0.05) is 103 Å². The van der Waals surface area contributed by atoms with Gasteiger partial charge in [0.15, 0.2) is 0 Å². The van der Waals surface area contributed by atoms with Crippen molar-refractivity contribution in [2.24, 2.45) is 5.73 Å². The molecular weight excluding hydrogens is 639 g/mol. The normalized spacial score (nSPS) is 11.8. The highest BCUT2D eigenvalue weighted by atomic mass is 127. The summed E-state index contributed by atoms with van der Waals surface area (Å²) in [6.45, 7) is 3.23. The number of nitrogens with one attached hydrogen (secondary N) is 1. The molecule has 0 saturated carbocycles. The number of carbonyl (C=O) groups excluding carboxylic acids is 3. The number of quaternary nitrogens is 1. The second-order valence-electron chi connectivity index (χ2n) is 11.8. The van der Waals surface area contributed by atoms with E-state index < -0.39 is 24.3 Å². The number of primary amides is 1. The van der Waals surface area contributed by atoms with Crippen molar-refractivity contribution >= 4 is 18.2 Å². The Bertz CT molecular complexity index is 663. The van der Waals surface area contributed by atoms with Crippen molar-refractivity contribution < 1.29 is 57.1 Å². The van der Waals surface area contributed by atoms with Crippen molar-refractivity contribution in [3.63, 3.8) is 0 Å². The number of nitrogens with zero attached hydrogens (tertiary/aromatic N) is 2. The van der Waals surface area contributed by atoms with Crippen molar-refractivity contribution in [1.29, 1.82) is 0 Å². The van der Waals surface area contributed by atoms with E-state index >= 15 is 0 Å². The van der Waals surface area contributed by atoms with Gasteiger partial charge in [0.1, 0.15) is 19.3 Å². The van der Waals surface area contributed by atoms with E-state index in [-0.39, 0.29) is 43.7 Å². The summed E-state index contributed by atoms with van der Waals surface area (Å²) in [5.74, 6) is 0. The van der Waals surface area contributed by atoms with Crippen molar-refractivity contribution in [2.75, 3.05) is 61.1 Å². The van der Waals surface area contributed by atoms with Gasteiger partial charge in [0, 0.05) is 13.7 Å². The predicted octanol–water partition coefficient (Wildman–Crippen LogP) is 3.22. The second-order valence-corrected chi connectivity index (χ2v) is 11.8. The summed E-state index contributed by atoms with van der Waals surface area (Å²) < 4.78 is 16.1. The molecule has 0 aromatic carbocycles. The van der Waals surface area contributed by atoms with Crippen LogP contribution in [0.4, 0.5) is 14.4 Å². The zero-order valence-electron chi connectivity index (χ0n) is 26.7. The molecule has 0 bridgehead atoms. The lowest BCUT2D eigenvalue weighted by Crippen LogP contribution is -3.00. The number of alkyl carbamates (subject to hydrolysis) is 1. The molecule has 0 rings (SSSR count). The lowest BCUT2D eigenvalue weighted by Gasteiger charge is -2.27. The fraction of sp³-hybridized carbons (Fsp3) is 0.900. The van der Waals surface area contributed by atoms with Gasteiger partial charge in [0.2, 0.25) is 0 Å². The average molecular weight is 701 g/mol. The van der Waals surface area contributed by atoms with E-state index in [0.29, 0.717) is 17.6 Å². The number of urea groups is 1. The van der Waals surface area contributed by atoms with Crippen LogP contribution in [0.25, 0.3) is 0 Å². The smallest absolute Gasteiger partial charge is 0.418 e. The van der Waals surface area contributed by atoms with Crippen molar-refractivity contribution in [3.8, 4) is 0 Å². The summed E-state index contributed by atoms with van der Waals surface area (Å²) in [5.41, 5.74) is 5.31. The largest absolute Gasteiger partial charge is 1.00 e. The first-order chi connectivity index (χ1) is 19.1. The number of halogens is 1. The minimum Gasteiger partial charge on any atom is -1.00 e. The number of likely N-dealkylation sites (N-methyl/N-ethyl adjacent to an activating group) is 1. The maximum atomic E-state index is 12.3. The molecule has 0 aromatic rings. The molecule has 1 unspecified atom stereocenters. The fourth-order valence-corrected chi connectivity index (χ4v) is 4.20. The lowest BCUT2D eigenvalue weighted by atomic mass is 10.0. The number of imide groups is 1. The molecule has 244 valence electrons. The molecular formula is C30H61IN4O6. The molecule has 41 heavy (non-hydrogen) atoms. The molecule has 10 nitrogen and oxygen atoms in total. The summed E-state index contributed by atoms with van der Waals surface area (Å²) in [6.07, 6.45) is 18.9. The standard InChI is InChI=1S/C30H60N4O6.HI/c1-6-7-8-9-10-11-12-13-14-15-16-17-18-19-20-21-22-32-29(36)39-25-27(38-5)26-40-30(37)33(28(31)35)23-24-34(2,3)4;/h27H,6-26H2,1-5H3,(H2-,31,32,35,36);1H. The van der Waals surface area contributed by atoms with Gasteiger partial charge in [-0.05, 0) is 6.42 Å². The number of rotatable bonds is 25. The Balaban J connectivity index is 0. The predicted molar refractivity (Wildman–Crippen MR) is 160 cm³/mol. The van der Waals surface area contributed by atoms with E-state index in [2.05, 4.69) is 12.2 Å². The van der Waals surface area contributed by atoms with Crippen LogP contribution in [-0.2, 0) is 14.2 Å². The topological polar surface area (TPSA) is 120 Å². The van der Waals surface area contributed by atoms with Gasteiger partial charge in [-0.2, -0.15) is 0 Å². The molecule has 3 N–H and O–H groups in total. The van der Waals surface area contributed by atoms with Crippen LogP contribution in [0.2, 0.25) is 0 Å². The summed E-state index contributed by atoms with van der Waals surface area (Å²) in [4.78, 5) is 36.7. The van der Waals surface area contributed by atoms with E-state index in [1.54, 1.807) is 0 Å². The number of unbranched alkanes of at least 4 members (excludes halogenated alkanes) is 15. The lowest BCUT2D eigenvalue weighted by molar-refractivity contribution is -0.869. The first kappa shape index (κ1) is 41.8. The summed E-state index contributed by atoms with van der Waals surface area (Å²) in [7, 11) is 7.25. The highest BCUT2D eigenvalue weighted by molar-refractivity contribution is 5.89. The van der Waals surface area contributed by atoms with Crippen LogP contribution in [0.1, 0.15) is 110 Å². The second kappa shape index (κ2) is 27.5. The summed E-state index contributed by atoms with van der Waals surface area (Å²) in [6, 6.07) is -0.878. The maximum Gasteiger partial charge on any atom is 0.418 e. The number of nitrogens with two attached hydrogens (primary N) is 1. The van der Waals surface area contributed by atoms with E-state index in [0.717, 1.165) is 17.7 Å². The van der Waals surface area contributed by atoms with Gasteiger partial charge in [-0.25, -0.2) is 19.3 Å². The van der Waals surface area contributed by atoms with Crippen molar-refractivity contribution in [3.05, 3.63) is 0 Å². The molecule has 0 aliphatic heterocycles. The van der Waals surface area contributed by atoms with Gasteiger partial charge in [-0.3, -0.25) is 0 Å². The molecule has 0 spiro atoms. The number of hydrogen-bond donors (Lipinski definition) is 2. The molecule has 0 fully saturated rings. The Labute approximate surface area is 267 Å². The number of amides is 4. The van der Waals surface area contributed by atoms with Crippen LogP contribution >= 0.6 is 0 Å². The molecule has 0 saturated heterocycles. The fourth-order valence-electron chi connectivity index (χ4n) is 4.20. The zero-order valence-corrected chi connectivity index (χ0v) is 28.9. The maximum absolute atomic E-state index is 12.3. The number of carbonyl (C=O) groups is 3. The highest BCUT2D eigenvalue weighted by Gasteiger charge is 2.24. The van der Waals surface area contributed by atoms with Crippen LogP contribution in [-0.4, -0.2) is 94.8 Å². The third-order valence-electron chi connectivity index (χ3n) is 6.91. The minimum absolute atomic E-state index is 0. The van der Waals surface area contributed by atoms with Crippen molar-refractivity contribution in [1.82, 2.24) is 10.2 Å². The van der Waals surface area contributed by atoms with E-state index in [1.807, 2.05) is 21.1 Å². The third-order valence-corrected chi connectivity index (χ3v) is 6.91. The van der Waals surface area contributed by atoms with Crippen LogP contribution in [0.3, 0.4) is 0 Å². The Kier molecular flexibility index (Phi) is 28.0. The van der Waals surface area contributed by atoms with E-state index in [9.17, 15) is 14.4 Å². The Morgan fingerprint density at radius 2 is 1.20 bits per heavy atom. The van der Waals surface area contributed by atoms with Crippen LogP contribution < -0.4 is 35.0 Å². The molecule has 0 aromatic heterocycles. The minimum atomic E-state index is -0.878. The molecule has 1 atom stereocenters. The van der Waals surface area contributed by atoms with Gasteiger partial charge < -0.3 is 53.7 Å². The SMILES string of the molecule is CCCCCCCCCCCCCCCCCCNC(=O)OCC(COC(=O)N(CC[N+](C)(C)C)C(N)=O)OC.[I-]. The molecule has 0 radical (unpaired) electrons. The number of methoxy groups -OCH3 is 1. The van der Waals surface area contributed by atoms with E-state index in [1.165, 1.54) is 97.0 Å². The van der Waals surface area contributed by atoms with Crippen molar-refractivity contribution in [2.45, 2.75) is 116 Å². The quantitative estimate of drug-likeness (QED) is 0.0858. The third kappa shape index (κ3) is 27.3. The Morgan fingerprint density at radius 1 is 0.756 bits per heavy atom. The first-order valence-corrected chi connectivity index (χ1v) is 15.6. The summed E-state index contributed by atoms with van der Waals surface area (Å²) in [5, 5.41) is 2.74. The van der Waals surface area contributed by atoms with Gasteiger partial charge in [0.05, 0.1) is 34.2 Å². The average Bonchev–Trinajstić information content (AvgIpc) is 2.89. The molecule has 4 amide bonds. The zero-order chi connectivity index (χ0) is 30.1.